The van der Waals surface area contributed by atoms with Gasteiger partial charge in [0.2, 0.25) is 5.91 Å². The Hall–Kier alpha value is -2.54. The molecule has 0 aliphatic carbocycles. The lowest BCUT2D eigenvalue weighted by molar-refractivity contribution is -0.121. The number of amides is 1. The summed E-state index contributed by atoms with van der Waals surface area (Å²) in [5.41, 5.74) is 1.37. The van der Waals surface area contributed by atoms with Crippen molar-refractivity contribution < 1.29 is 19.1 Å². The van der Waals surface area contributed by atoms with E-state index in [1.54, 1.807) is 19.2 Å². The molecule has 0 saturated carbocycles. The number of aromatic amines is 1. The monoisotopic (exact) mass is 373 g/mol. The number of hydrogen-bond acceptors (Lipinski definition) is 5. The Labute approximate surface area is 159 Å². The van der Waals surface area contributed by atoms with Gasteiger partial charge in [-0.3, -0.25) is 9.69 Å². The summed E-state index contributed by atoms with van der Waals surface area (Å²) >= 11 is 0. The number of carbonyl (C=O) groups is 2. The van der Waals surface area contributed by atoms with Crippen LogP contribution in [0.25, 0.3) is 10.9 Å². The van der Waals surface area contributed by atoms with Crippen LogP contribution in [0.5, 0.6) is 5.75 Å². The lowest BCUT2D eigenvalue weighted by Gasteiger charge is -2.34. The molecule has 2 aromatic rings. The van der Waals surface area contributed by atoms with E-state index in [1.165, 1.54) is 7.11 Å². The second-order valence-corrected chi connectivity index (χ2v) is 7.16. The Bertz CT molecular complexity index is 837. The molecule has 1 atom stereocenters. The van der Waals surface area contributed by atoms with Gasteiger partial charge in [-0.15, -0.1) is 0 Å². The third kappa shape index (κ3) is 3.93. The lowest BCUT2D eigenvalue weighted by Crippen LogP contribution is -2.45. The van der Waals surface area contributed by atoms with Crippen molar-refractivity contribution in [3.05, 3.63) is 23.9 Å². The van der Waals surface area contributed by atoms with Crippen molar-refractivity contribution in [1.82, 2.24) is 9.88 Å². The minimum Gasteiger partial charge on any atom is -0.497 e. The maximum atomic E-state index is 12.9. The van der Waals surface area contributed by atoms with Crippen molar-refractivity contribution in [2.45, 2.75) is 32.7 Å². The fraction of sp³-hybridized carbons (Fsp3) is 0.500. The summed E-state index contributed by atoms with van der Waals surface area (Å²) in [5.74, 6) is 0.700. The van der Waals surface area contributed by atoms with Crippen molar-refractivity contribution >= 4 is 28.5 Å². The average molecular weight is 373 g/mol. The summed E-state index contributed by atoms with van der Waals surface area (Å²) in [7, 11) is 2.90. The number of piperidine rings is 1. The minimum absolute atomic E-state index is 0.133. The van der Waals surface area contributed by atoms with Crippen LogP contribution in [-0.2, 0) is 9.53 Å². The summed E-state index contributed by atoms with van der Waals surface area (Å²) in [5, 5.41) is 3.68. The van der Waals surface area contributed by atoms with Gasteiger partial charge in [0.15, 0.2) is 0 Å². The highest BCUT2D eigenvalue weighted by Gasteiger charge is 2.27. The van der Waals surface area contributed by atoms with Crippen LogP contribution < -0.4 is 10.1 Å². The molecule has 0 bridgehead atoms. The molecule has 0 spiro atoms. The molecule has 27 heavy (non-hydrogen) atoms. The second kappa shape index (κ2) is 8.00. The van der Waals surface area contributed by atoms with Crippen LogP contribution in [0.3, 0.4) is 0 Å². The fourth-order valence-electron chi connectivity index (χ4n) is 3.50. The van der Waals surface area contributed by atoms with Crippen LogP contribution in [-0.4, -0.2) is 55.1 Å². The molecule has 1 amide bonds. The van der Waals surface area contributed by atoms with Crippen LogP contribution in [0, 0.1) is 5.92 Å². The number of fused-ring (bicyclic) bond motifs is 1. The van der Waals surface area contributed by atoms with Crippen molar-refractivity contribution in [2.75, 3.05) is 32.6 Å². The molecule has 7 nitrogen and oxygen atoms in total. The third-order valence-corrected chi connectivity index (χ3v) is 5.39. The van der Waals surface area contributed by atoms with Crippen LogP contribution >= 0.6 is 0 Å². The number of anilines is 1. The van der Waals surface area contributed by atoms with Gasteiger partial charge in [-0.25, -0.2) is 4.79 Å². The molecule has 2 heterocycles. The number of H-pyrrole nitrogens is 1. The maximum Gasteiger partial charge on any atom is 0.356 e. The predicted molar refractivity (Wildman–Crippen MR) is 104 cm³/mol. The smallest absolute Gasteiger partial charge is 0.356 e. The molecule has 7 heteroatoms. The second-order valence-electron chi connectivity index (χ2n) is 7.16. The van der Waals surface area contributed by atoms with Crippen molar-refractivity contribution in [3.63, 3.8) is 0 Å². The van der Waals surface area contributed by atoms with E-state index in [0.29, 0.717) is 22.9 Å². The van der Waals surface area contributed by atoms with E-state index in [2.05, 4.69) is 22.1 Å². The maximum absolute atomic E-state index is 12.9. The van der Waals surface area contributed by atoms with Gasteiger partial charge in [-0.2, -0.15) is 0 Å². The van der Waals surface area contributed by atoms with E-state index in [4.69, 9.17) is 9.47 Å². The Morgan fingerprint density at radius 3 is 2.59 bits per heavy atom. The highest BCUT2D eigenvalue weighted by Crippen LogP contribution is 2.31. The number of nitrogens with zero attached hydrogens (tertiary/aromatic N) is 1. The van der Waals surface area contributed by atoms with Crippen molar-refractivity contribution in [2.24, 2.45) is 5.92 Å². The van der Waals surface area contributed by atoms with Gasteiger partial charge in [0.1, 0.15) is 11.4 Å². The number of aromatic nitrogens is 1. The summed E-state index contributed by atoms with van der Waals surface area (Å²) < 4.78 is 10.1. The third-order valence-electron chi connectivity index (χ3n) is 5.39. The van der Waals surface area contributed by atoms with Gasteiger partial charge in [-0.1, -0.05) is 6.92 Å². The number of nitrogens with one attached hydrogen (secondary N) is 2. The fourth-order valence-corrected chi connectivity index (χ4v) is 3.50. The highest BCUT2D eigenvalue weighted by molar-refractivity contribution is 6.11. The largest absolute Gasteiger partial charge is 0.497 e. The molecule has 1 aliphatic rings. The average Bonchev–Trinajstić information content (AvgIpc) is 3.04. The van der Waals surface area contributed by atoms with E-state index < -0.39 is 5.97 Å². The van der Waals surface area contributed by atoms with E-state index >= 15 is 0 Å². The molecule has 1 fully saturated rings. The van der Waals surface area contributed by atoms with Crippen molar-refractivity contribution in [1.29, 1.82) is 0 Å². The number of benzene rings is 1. The van der Waals surface area contributed by atoms with Crippen LogP contribution in [0.4, 0.5) is 5.69 Å². The normalized spacial score (nSPS) is 16.9. The van der Waals surface area contributed by atoms with E-state index in [9.17, 15) is 9.59 Å². The van der Waals surface area contributed by atoms with E-state index in [0.717, 1.165) is 31.3 Å². The first-order valence-electron chi connectivity index (χ1n) is 9.27. The van der Waals surface area contributed by atoms with E-state index in [1.807, 2.05) is 13.0 Å². The quantitative estimate of drug-likeness (QED) is 0.787. The number of likely N-dealkylation sites (tertiary alicyclic amines) is 1. The van der Waals surface area contributed by atoms with Gasteiger partial charge in [-0.05, 0) is 50.9 Å². The summed E-state index contributed by atoms with van der Waals surface area (Å²) in [6.07, 6.45) is 2.19. The molecule has 1 aliphatic heterocycles. The van der Waals surface area contributed by atoms with Crippen molar-refractivity contribution in [3.8, 4) is 5.75 Å². The zero-order chi connectivity index (χ0) is 19.6. The highest BCUT2D eigenvalue weighted by atomic mass is 16.5. The summed E-state index contributed by atoms with van der Waals surface area (Å²) in [4.78, 5) is 30.3. The SMILES string of the molecule is COC(=O)c1[nH]c2cc(OC)ccc2c1NC(=O)C(C)N1CCC(C)CC1. The number of rotatable bonds is 5. The Morgan fingerprint density at radius 1 is 1.26 bits per heavy atom. The molecule has 1 aromatic carbocycles. The lowest BCUT2D eigenvalue weighted by atomic mass is 9.98. The first kappa shape index (κ1) is 19.2. The van der Waals surface area contributed by atoms with Crippen LogP contribution in [0.1, 0.15) is 37.2 Å². The predicted octanol–water partition coefficient (Wildman–Crippen LogP) is 3.02. The number of methoxy groups -OCH3 is 2. The summed E-state index contributed by atoms with van der Waals surface area (Å²) in [6, 6.07) is 5.13. The molecular formula is C20H27N3O4. The molecule has 3 rings (SSSR count). The minimum atomic E-state index is -0.528. The molecule has 0 radical (unpaired) electrons. The number of esters is 1. The van der Waals surface area contributed by atoms with Gasteiger partial charge in [0, 0.05) is 11.5 Å². The number of carbonyl (C=O) groups excluding carboxylic acids is 2. The van der Waals surface area contributed by atoms with Gasteiger partial charge < -0.3 is 19.8 Å². The molecular weight excluding hydrogens is 346 g/mol. The number of hydrogen-bond donors (Lipinski definition) is 2. The van der Waals surface area contributed by atoms with Crippen LogP contribution in [0.15, 0.2) is 18.2 Å². The Morgan fingerprint density at radius 2 is 1.96 bits per heavy atom. The Balaban J connectivity index is 1.88. The van der Waals surface area contributed by atoms with Crippen LogP contribution in [0.2, 0.25) is 0 Å². The Kier molecular flexibility index (Phi) is 5.70. The van der Waals surface area contributed by atoms with Gasteiger partial charge >= 0.3 is 5.97 Å². The first-order chi connectivity index (χ1) is 12.9. The van der Waals surface area contributed by atoms with E-state index in [-0.39, 0.29) is 17.6 Å². The molecule has 1 aromatic heterocycles. The molecule has 2 N–H and O–H groups in total. The molecule has 1 saturated heterocycles. The zero-order valence-corrected chi connectivity index (χ0v) is 16.3. The van der Waals surface area contributed by atoms with Gasteiger partial charge in [0.25, 0.3) is 0 Å². The van der Waals surface area contributed by atoms with Gasteiger partial charge in [0.05, 0.1) is 31.5 Å². The molecule has 1 unspecified atom stereocenters. The summed E-state index contributed by atoms with van der Waals surface area (Å²) in [6.45, 7) is 5.96. The number of ether oxygens (including phenoxy) is 2. The standard InChI is InChI=1S/C20H27N3O4/c1-12-7-9-23(10-8-12)13(2)19(24)22-17-15-6-5-14(26-3)11-16(15)21-18(17)20(25)27-4/h5-6,11-13,21H,7-10H2,1-4H3,(H,22,24). The first-order valence-corrected chi connectivity index (χ1v) is 9.27. The topological polar surface area (TPSA) is 83.7 Å². The molecule has 146 valence electrons. The zero-order valence-electron chi connectivity index (χ0n) is 16.3.